The first-order chi connectivity index (χ1) is 15.2. The molecular weight excluding hydrogens is 447 g/mol. The third kappa shape index (κ3) is 4.95. The Balaban J connectivity index is 2.21. The fraction of sp³-hybridized carbons (Fsp3) is 0.440. The number of rotatable bonds is 7. The lowest BCUT2D eigenvalue weighted by atomic mass is 9.67. The van der Waals surface area contributed by atoms with Crippen molar-refractivity contribution in [3.05, 3.63) is 69.7 Å². The molecule has 1 unspecified atom stereocenters. The van der Waals surface area contributed by atoms with Crippen molar-refractivity contribution in [3.63, 3.8) is 0 Å². The fourth-order valence-electron chi connectivity index (χ4n) is 4.81. The summed E-state index contributed by atoms with van der Waals surface area (Å²) in [6.45, 7) is 4.19. The first-order valence-electron chi connectivity index (χ1n) is 10.8. The molecule has 1 aliphatic rings. The van der Waals surface area contributed by atoms with Crippen LogP contribution in [0, 0.1) is 5.41 Å². The zero-order valence-electron chi connectivity index (χ0n) is 18.7. The van der Waals surface area contributed by atoms with Crippen LogP contribution in [0.15, 0.2) is 48.5 Å². The topological polar surface area (TPSA) is 72.6 Å². The van der Waals surface area contributed by atoms with Crippen LogP contribution in [-0.2, 0) is 14.3 Å². The Morgan fingerprint density at radius 3 is 2.44 bits per heavy atom. The summed E-state index contributed by atoms with van der Waals surface area (Å²) in [7, 11) is 1.34. The number of ether oxygens (including phenoxy) is 1. The van der Waals surface area contributed by atoms with E-state index in [1.165, 1.54) is 7.11 Å². The van der Waals surface area contributed by atoms with Gasteiger partial charge in [0, 0.05) is 28.5 Å². The monoisotopic (exact) mass is 476 g/mol. The molecule has 32 heavy (non-hydrogen) atoms. The van der Waals surface area contributed by atoms with Gasteiger partial charge in [-0.05, 0) is 48.2 Å². The van der Waals surface area contributed by atoms with Crippen molar-refractivity contribution in [1.82, 2.24) is 4.90 Å². The molecule has 2 aromatic rings. The number of hydrogen-bond donors (Lipinski definition) is 1. The molecule has 7 heteroatoms. The average molecular weight is 477 g/mol. The van der Waals surface area contributed by atoms with E-state index in [9.17, 15) is 9.59 Å². The van der Waals surface area contributed by atoms with E-state index in [4.69, 9.17) is 33.7 Å². The summed E-state index contributed by atoms with van der Waals surface area (Å²) < 4.78 is 4.93. The Hall–Kier alpha value is -2.08. The Kier molecular flexibility index (Phi) is 7.86. The van der Waals surface area contributed by atoms with Gasteiger partial charge in [0.05, 0.1) is 25.0 Å². The Morgan fingerprint density at radius 2 is 1.88 bits per heavy atom. The van der Waals surface area contributed by atoms with Crippen LogP contribution in [0.3, 0.4) is 0 Å². The number of carbonyl (C=O) groups excluding carboxylic acids is 2. The number of likely N-dealkylation sites (tertiary alicyclic amines) is 1. The van der Waals surface area contributed by atoms with Gasteiger partial charge in [-0.15, -0.1) is 0 Å². The van der Waals surface area contributed by atoms with Gasteiger partial charge >= 0.3 is 5.97 Å². The molecule has 2 N–H and O–H groups in total. The standard InChI is InChI=1S/C25H30Cl2N2O3/c1-4-20(15-28)29-23(16-8-10-18(26)11-9-16)21(17-6-5-7-19(27)12-17)13-25(2,24(29)31)14-22(30)32-3/h5-12,20-21,23H,4,13-15,28H2,1-3H3/t20?,21-,23-,25-/m1/s1. The van der Waals surface area contributed by atoms with Crippen LogP contribution in [0.25, 0.3) is 0 Å². The second-order valence-electron chi connectivity index (χ2n) is 8.69. The quantitative estimate of drug-likeness (QED) is 0.546. The lowest BCUT2D eigenvalue weighted by Gasteiger charge is -2.51. The highest BCUT2D eigenvalue weighted by Crippen LogP contribution is 2.52. The third-order valence-electron chi connectivity index (χ3n) is 6.49. The van der Waals surface area contributed by atoms with Gasteiger partial charge in [0.25, 0.3) is 0 Å². The summed E-state index contributed by atoms with van der Waals surface area (Å²) in [6, 6.07) is 14.8. The van der Waals surface area contributed by atoms with Crippen molar-refractivity contribution in [2.45, 2.75) is 51.1 Å². The van der Waals surface area contributed by atoms with Gasteiger partial charge < -0.3 is 15.4 Å². The first-order valence-corrected chi connectivity index (χ1v) is 11.6. The minimum atomic E-state index is -0.925. The Morgan fingerprint density at radius 1 is 1.19 bits per heavy atom. The molecular formula is C25H30Cl2N2O3. The van der Waals surface area contributed by atoms with E-state index in [0.29, 0.717) is 29.4 Å². The molecule has 5 nitrogen and oxygen atoms in total. The minimum absolute atomic E-state index is 0.00421. The lowest BCUT2D eigenvalue weighted by molar-refractivity contribution is -0.161. The van der Waals surface area contributed by atoms with E-state index >= 15 is 0 Å². The summed E-state index contributed by atoms with van der Waals surface area (Å²) in [5, 5.41) is 1.25. The number of nitrogens with two attached hydrogens (primary N) is 1. The summed E-state index contributed by atoms with van der Waals surface area (Å²) in [6.07, 6.45) is 1.18. The number of halogens is 2. The summed E-state index contributed by atoms with van der Waals surface area (Å²) in [4.78, 5) is 28.1. The maximum absolute atomic E-state index is 14.0. The van der Waals surface area contributed by atoms with Crippen LogP contribution < -0.4 is 5.73 Å². The van der Waals surface area contributed by atoms with Gasteiger partial charge in [-0.1, -0.05) is 61.3 Å². The number of amides is 1. The smallest absolute Gasteiger partial charge is 0.306 e. The van der Waals surface area contributed by atoms with Crippen LogP contribution in [0.5, 0.6) is 0 Å². The molecule has 0 spiro atoms. The molecule has 4 atom stereocenters. The van der Waals surface area contributed by atoms with Crippen molar-refractivity contribution in [2.24, 2.45) is 11.1 Å². The maximum Gasteiger partial charge on any atom is 0.306 e. The highest BCUT2D eigenvalue weighted by Gasteiger charge is 2.52. The second-order valence-corrected chi connectivity index (χ2v) is 9.56. The minimum Gasteiger partial charge on any atom is -0.469 e. The fourth-order valence-corrected chi connectivity index (χ4v) is 5.14. The second kappa shape index (κ2) is 10.2. The van der Waals surface area contributed by atoms with Crippen molar-refractivity contribution in [3.8, 4) is 0 Å². The van der Waals surface area contributed by atoms with Gasteiger partial charge in [0.15, 0.2) is 0 Å². The lowest BCUT2D eigenvalue weighted by Crippen LogP contribution is -2.57. The zero-order chi connectivity index (χ0) is 23.5. The normalized spacial score (nSPS) is 24.3. The predicted molar refractivity (Wildman–Crippen MR) is 128 cm³/mol. The number of nitrogens with zero attached hydrogens (tertiary/aromatic N) is 1. The number of carbonyl (C=O) groups is 2. The molecule has 1 saturated heterocycles. The molecule has 0 aromatic heterocycles. The molecule has 1 amide bonds. The molecule has 1 heterocycles. The zero-order valence-corrected chi connectivity index (χ0v) is 20.2. The van der Waals surface area contributed by atoms with Gasteiger partial charge in [0.1, 0.15) is 0 Å². The maximum atomic E-state index is 14.0. The summed E-state index contributed by atoms with van der Waals surface area (Å²) in [5.74, 6) is -0.586. The van der Waals surface area contributed by atoms with Crippen molar-refractivity contribution < 1.29 is 14.3 Å². The van der Waals surface area contributed by atoms with Gasteiger partial charge in [-0.2, -0.15) is 0 Å². The molecule has 0 saturated carbocycles. The van der Waals surface area contributed by atoms with E-state index in [1.807, 2.05) is 67.3 Å². The van der Waals surface area contributed by atoms with Crippen LogP contribution >= 0.6 is 23.2 Å². The number of piperidine rings is 1. The molecule has 172 valence electrons. The summed E-state index contributed by atoms with van der Waals surface area (Å²) >= 11 is 12.5. The highest BCUT2D eigenvalue weighted by molar-refractivity contribution is 6.30. The summed E-state index contributed by atoms with van der Waals surface area (Å²) in [5.41, 5.74) is 7.20. The van der Waals surface area contributed by atoms with Crippen LogP contribution in [0.1, 0.15) is 56.2 Å². The van der Waals surface area contributed by atoms with E-state index in [1.54, 1.807) is 0 Å². The highest BCUT2D eigenvalue weighted by atomic mass is 35.5. The largest absolute Gasteiger partial charge is 0.469 e. The van der Waals surface area contributed by atoms with Crippen molar-refractivity contribution in [2.75, 3.05) is 13.7 Å². The third-order valence-corrected chi connectivity index (χ3v) is 6.98. The molecule has 1 fully saturated rings. The Labute approximate surface area is 199 Å². The van der Waals surface area contributed by atoms with Crippen molar-refractivity contribution in [1.29, 1.82) is 0 Å². The van der Waals surface area contributed by atoms with E-state index in [0.717, 1.165) is 11.1 Å². The number of methoxy groups -OCH3 is 1. The molecule has 0 radical (unpaired) electrons. The predicted octanol–water partition coefficient (Wildman–Crippen LogP) is 5.36. The van der Waals surface area contributed by atoms with Crippen LogP contribution in [-0.4, -0.2) is 36.5 Å². The van der Waals surface area contributed by atoms with Crippen LogP contribution in [0.4, 0.5) is 0 Å². The molecule has 0 bridgehead atoms. The van der Waals surface area contributed by atoms with E-state index in [2.05, 4.69) is 0 Å². The van der Waals surface area contributed by atoms with Crippen molar-refractivity contribution >= 4 is 35.1 Å². The first kappa shape index (κ1) is 24.6. The number of benzene rings is 2. The average Bonchev–Trinajstić information content (AvgIpc) is 2.78. The Bertz CT molecular complexity index is 962. The van der Waals surface area contributed by atoms with Gasteiger partial charge in [-0.3, -0.25) is 9.59 Å². The van der Waals surface area contributed by atoms with E-state index in [-0.39, 0.29) is 30.3 Å². The van der Waals surface area contributed by atoms with Gasteiger partial charge in [0.2, 0.25) is 5.91 Å². The SMILES string of the molecule is CCC(CN)N1C(=O)[C@@](C)(CC(=O)OC)C[C@H](c2cccc(Cl)c2)[C@H]1c1ccc(Cl)cc1. The van der Waals surface area contributed by atoms with Crippen LogP contribution in [0.2, 0.25) is 10.0 Å². The van der Waals surface area contributed by atoms with Gasteiger partial charge in [-0.25, -0.2) is 0 Å². The molecule has 0 aliphatic carbocycles. The molecule has 3 rings (SSSR count). The number of hydrogen-bond acceptors (Lipinski definition) is 4. The van der Waals surface area contributed by atoms with E-state index < -0.39 is 11.4 Å². The molecule has 1 aliphatic heterocycles. The molecule has 2 aromatic carbocycles. The number of esters is 1.